The van der Waals surface area contributed by atoms with E-state index in [0.717, 1.165) is 61.2 Å². The third kappa shape index (κ3) is 6.94. The summed E-state index contributed by atoms with van der Waals surface area (Å²) in [6.07, 6.45) is -1.86. The lowest BCUT2D eigenvalue weighted by atomic mass is 9.99. The number of alkyl halides is 3. The highest BCUT2D eigenvalue weighted by molar-refractivity contribution is 6.04. The lowest BCUT2D eigenvalue weighted by Gasteiger charge is -2.18. The monoisotopic (exact) mass is 565 g/mol. The van der Waals surface area contributed by atoms with E-state index >= 15 is 0 Å². The number of nitrogens with zero attached hydrogens (tertiary/aromatic N) is 3. The quantitative estimate of drug-likeness (QED) is 0.220. The molecule has 0 fully saturated rings. The van der Waals surface area contributed by atoms with Gasteiger partial charge in [0.25, 0.3) is 11.5 Å². The molecule has 2 aromatic carbocycles. The Labute approximate surface area is 237 Å². The van der Waals surface area contributed by atoms with Gasteiger partial charge in [0.2, 0.25) is 0 Å². The van der Waals surface area contributed by atoms with Gasteiger partial charge in [0.1, 0.15) is 5.82 Å². The smallest absolute Gasteiger partial charge is 0.370 e. The number of amides is 1. The summed E-state index contributed by atoms with van der Waals surface area (Å²) in [7, 11) is 1.70. The van der Waals surface area contributed by atoms with Gasteiger partial charge >= 0.3 is 6.18 Å². The SMILES string of the molecule is CCN(CC)CCCNc1cc2c(cn1)cc(-c1cc(NC(=O)c3cccc(C(F)(F)F)c3)ccc1C)c(=O)n2C. The summed E-state index contributed by atoms with van der Waals surface area (Å²) in [5.74, 6) is 0.00826. The zero-order valence-corrected chi connectivity index (χ0v) is 23.6. The molecule has 2 N–H and O–H groups in total. The number of fused-ring (bicyclic) bond motifs is 1. The predicted molar refractivity (Wildman–Crippen MR) is 157 cm³/mol. The van der Waals surface area contributed by atoms with Crippen molar-refractivity contribution in [2.24, 2.45) is 7.05 Å². The van der Waals surface area contributed by atoms with Crippen LogP contribution in [0, 0.1) is 6.92 Å². The summed E-state index contributed by atoms with van der Waals surface area (Å²) in [5.41, 5.74) is 1.68. The van der Waals surface area contributed by atoms with Crippen LogP contribution >= 0.6 is 0 Å². The van der Waals surface area contributed by atoms with E-state index < -0.39 is 17.6 Å². The number of pyridine rings is 2. The molecule has 0 saturated heterocycles. The molecular formula is C31H34F3N5O2. The highest BCUT2D eigenvalue weighted by Crippen LogP contribution is 2.30. The summed E-state index contributed by atoms with van der Waals surface area (Å²) in [6.45, 7) is 9.92. The first-order valence-electron chi connectivity index (χ1n) is 13.6. The Balaban J connectivity index is 1.58. The zero-order chi connectivity index (χ0) is 29.7. The van der Waals surface area contributed by atoms with Crippen LogP contribution in [-0.4, -0.2) is 46.5 Å². The van der Waals surface area contributed by atoms with E-state index in [2.05, 4.69) is 34.4 Å². The molecule has 0 spiro atoms. The van der Waals surface area contributed by atoms with Gasteiger partial charge in [-0.05, 0) is 80.5 Å². The van der Waals surface area contributed by atoms with Crippen molar-refractivity contribution in [2.75, 3.05) is 36.8 Å². The lowest BCUT2D eigenvalue weighted by molar-refractivity contribution is -0.137. The maximum absolute atomic E-state index is 13.5. The van der Waals surface area contributed by atoms with Crippen LogP contribution in [0.25, 0.3) is 22.0 Å². The summed E-state index contributed by atoms with van der Waals surface area (Å²) >= 11 is 0. The molecule has 2 heterocycles. The Morgan fingerprint density at radius 2 is 1.78 bits per heavy atom. The van der Waals surface area contributed by atoms with Gasteiger partial charge in [-0.15, -0.1) is 0 Å². The Morgan fingerprint density at radius 1 is 1.02 bits per heavy atom. The fraction of sp³-hybridized carbons (Fsp3) is 0.323. The summed E-state index contributed by atoms with van der Waals surface area (Å²) < 4.78 is 40.9. The second-order valence-electron chi connectivity index (χ2n) is 9.92. The van der Waals surface area contributed by atoms with Gasteiger partial charge < -0.3 is 20.1 Å². The van der Waals surface area contributed by atoms with Gasteiger partial charge in [-0.25, -0.2) is 4.98 Å². The molecule has 4 rings (SSSR count). The fourth-order valence-corrected chi connectivity index (χ4v) is 4.74. The number of hydrogen-bond donors (Lipinski definition) is 2. The lowest BCUT2D eigenvalue weighted by Crippen LogP contribution is -2.25. The van der Waals surface area contributed by atoms with Crippen LogP contribution in [0.2, 0.25) is 0 Å². The van der Waals surface area contributed by atoms with Crippen LogP contribution in [-0.2, 0) is 13.2 Å². The van der Waals surface area contributed by atoms with Crippen molar-refractivity contribution in [1.29, 1.82) is 0 Å². The molecule has 41 heavy (non-hydrogen) atoms. The number of anilines is 2. The van der Waals surface area contributed by atoms with Crippen LogP contribution in [0.1, 0.15) is 41.8 Å². The molecule has 0 aliphatic heterocycles. The van der Waals surface area contributed by atoms with Crippen LogP contribution in [0.15, 0.2) is 65.6 Å². The largest absolute Gasteiger partial charge is 0.416 e. The molecule has 0 aliphatic carbocycles. The Bertz CT molecular complexity index is 1610. The molecule has 0 saturated carbocycles. The Kier molecular flexibility index (Phi) is 9.12. The van der Waals surface area contributed by atoms with Gasteiger partial charge in [0.05, 0.1) is 11.1 Å². The van der Waals surface area contributed by atoms with E-state index in [4.69, 9.17) is 0 Å². The molecule has 0 aliphatic rings. The molecule has 216 valence electrons. The minimum atomic E-state index is -4.56. The fourth-order valence-electron chi connectivity index (χ4n) is 4.74. The second kappa shape index (κ2) is 12.6. The number of nitrogens with one attached hydrogen (secondary N) is 2. The maximum atomic E-state index is 13.5. The van der Waals surface area contributed by atoms with Crippen LogP contribution in [0.4, 0.5) is 24.7 Å². The molecule has 0 radical (unpaired) electrons. The number of halogens is 3. The standard InChI is InChI=1S/C31H34F3N5O2/c1-5-39(6-2)14-8-13-35-28-18-27-22(19-36-28)16-26(30(41)38(27)4)25-17-24(12-11-20(25)3)37-29(40)21-9-7-10-23(15-21)31(32,33)34/h7,9-12,15-19H,5-6,8,13-14H2,1-4H3,(H,35,36)(H,37,40). The molecule has 0 unspecified atom stereocenters. The van der Waals surface area contributed by atoms with Gasteiger partial charge in [-0.2, -0.15) is 13.2 Å². The van der Waals surface area contributed by atoms with Crippen molar-refractivity contribution < 1.29 is 18.0 Å². The number of aromatic nitrogens is 2. The van der Waals surface area contributed by atoms with E-state index in [1.807, 2.05) is 13.0 Å². The van der Waals surface area contributed by atoms with Gasteiger partial charge in [-0.1, -0.05) is 26.0 Å². The van der Waals surface area contributed by atoms with Crippen molar-refractivity contribution in [3.63, 3.8) is 0 Å². The molecule has 0 bridgehead atoms. The highest BCUT2D eigenvalue weighted by atomic mass is 19.4. The third-order valence-corrected chi connectivity index (χ3v) is 7.20. The first-order valence-corrected chi connectivity index (χ1v) is 13.6. The first-order chi connectivity index (χ1) is 19.5. The number of hydrogen-bond acceptors (Lipinski definition) is 5. The van der Waals surface area contributed by atoms with Crippen molar-refractivity contribution in [2.45, 2.75) is 33.4 Å². The van der Waals surface area contributed by atoms with E-state index in [9.17, 15) is 22.8 Å². The second-order valence-corrected chi connectivity index (χ2v) is 9.92. The summed E-state index contributed by atoms with van der Waals surface area (Å²) in [5, 5.41) is 6.76. The maximum Gasteiger partial charge on any atom is 0.416 e. The van der Waals surface area contributed by atoms with E-state index in [0.29, 0.717) is 22.6 Å². The molecule has 1 amide bonds. The Morgan fingerprint density at radius 3 is 2.49 bits per heavy atom. The van der Waals surface area contributed by atoms with Crippen molar-refractivity contribution >= 4 is 28.3 Å². The molecule has 4 aromatic rings. The van der Waals surface area contributed by atoms with Crippen LogP contribution < -0.4 is 16.2 Å². The number of rotatable bonds is 10. The normalized spacial score (nSPS) is 11.7. The molecular weight excluding hydrogens is 531 g/mol. The van der Waals surface area contributed by atoms with Crippen molar-refractivity contribution in [3.8, 4) is 11.1 Å². The minimum absolute atomic E-state index is 0.118. The minimum Gasteiger partial charge on any atom is -0.370 e. The molecule has 2 aromatic heterocycles. The molecule has 10 heteroatoms. The topological polar surface area (TPSA) is 79.3 Å². The summed E-state index contributed by atoms with van der Waals surface area (Å²) in [6, 6.07) is 12.9. The molecule has 0 atom stereocenters. The van der Waals surface area contributed by atoms with Gasteiger partial charge in [0, 0.05) is 48.1 Å². The molecule has 7 nitrogen and oxygen atoms in total. The van der Waals surface area contributed by atoms with Gasteiger partial charge in [-0.3, -0.25) is 9.59 Å². The van der Waals surface area contributed by atoms with E-state index in [1.54, 1.807) is 42.1 Å². The van der Waals surface area contributed by atoms with Crippen LogP contribution in [0.5, 0.6) is 0 Å². The number of carbonyl (C=O) groups is 1. The first kappa shape index (κ1) is 29.8. The van der Waals surface area contributed by atoms with Crippen molar-refractivity contribution in [3.05, 3.63) is 87.8 Å². The van der Waals surface area contributed by atoms with E-state index in [1.165, 1.54) is 12.1 Å². The summed E-state index contributed by atoms with van der Waals surface area (Å²) in [4.78, 5) is 33.1. The number of carbonyl (C=O) groups excluding carboxylic acids is 1. The van der Waals surface area contributed by atoms with Crippen molar-refractivity contribution in [1.82, 2.24) is 14.5 Å². The third-order valence-electron chi connectivity index (χ3n) is 7.20. The highest BCUT2D eigenvalue weighted by Gasteiger charge is 2.31. The predicted octanol–water partition coefficient (Wildman–Crippen LogP) is 6.32. The van der Waals surface area contributed by atoms with Gasteiger partial charge in [0.15, 0.2) is 0 Å². The number of benzene rings is 2. The van der Waals surface area contributed by atoms with Crippen LogP contribution in [0.3, 0.4) is 0 Å². The zero-order valence-electron chi connectivity index (χ0n) is 23.6. The average Bonchev–Trinajstić information content (AvgIpc) is 2.96. The average molecular weight is 566 g/mol. The Hall–Kier alpha value is -4.18. The number of aryl methyl sites for hydroxylation is 2. The van der Waals surface area contributed by atoms with E-state index in [-0.39, 0.29) is 11.1 Å².